The fraction of sp³-hybridized carbons (Fsp3) is 0.267. The van der Waals surface area contributed by atoms with Crippen molar-refractivity contribution in [1.82, 2.24) is 9.80 Å². The Morgan fingerprint density at radius 3 is 2.28 bits per heavy atom. The van der Waals surface area contributed by atoms with Gasteiger partial charge in [0.05, 0.1) is 5.56 Å². The maximum Gasteiger partial charge on any atom is 0.328 e. The van der Waals surface area contributed by atoms with E-state index in [1.165, 1.54) is 11.6 Å². The van der Waals surface area contributed by atoms with Gasteiger partial charge in [-0.25, -0.2) is 4.79 Å². The van der Waals surface area contributed by atoms with E-state index >= 15 is 0 Å². The van der Waals surface area contributed by atoms with Gasteiger partial charge in [0.25, 0.3) is 5.91 Å². The molecular formula is C30H30N2O4. The molecule has 1 N–H and O–H groups in total. The summed E-state index contributed by atoms with van der Waals surface area (Å²) in [6.07, 6.45) is 5.01. The lowest BCUT2D eigenvalue weighted by atomic mass is 9.93. The van der Waals surface area contributed by atoms with Crippen LogP contribution in [-0.4, -0.2) is 52.1 Å². The van der Waals surface area contributed by atoms with Crippen LogP contribution in [-0.2, 0) is 17.8 Å². The van der Waals surface area contributed by atoms with Crippen LogP contribution in [0.15, 0.2) is 84.9 Å². The number of likely N-dealkylation sites (tertiary alicyclic amines) is 1. The van der Waals surface area contributed by atoms with E-state index in [2.05, 4.69) is 29.2 Å². The lowest BCUT2D eigenvalue weighted by Crippen LogP contribution is -2.62. The number of carbonyl (C=O) groups excluding carboxylic acids is 1. The van der Waals surface area contributed by atoms with Crippen LogP contribution in [0.25, 0.3) is 6.08 Å². The zero-order valence-electron chi connectivity index (χ0n) is 20.2. The number of hydrogen-bond donors (Lipinski definition) is 1. The van der Waals surface area contributed by atoms with Crippen LogP contribution in [0.5, 0.6) is 5.75 Å². The monoisotopic (exact) mass is 482 g/mol. The van der Waals surface area contributed by atoms with Gasteiger partial charge in [0.2, 0.25) is 0 Å². The molecule has 1 saturated heterocycles. The maximum absolute atomic E-state index is 13.9. The van der Waals surface area contributed by atoms with Gasteiger partial charge >= 0.3 is 5.97 Å². The van der Waals surface area contributed by atoms with Crippen molar-refractivity contribution in [2.24, 2.45) is 0 Å². The zero-order valence-corrected chi connectivity index (χ0v) is 20.2. The molecule has 184 valence electrons. The van der Waals surface area contributed by atoms with Crippen molar-refractivity contribution in [3.8, 4) is 5.75 Å². The number of rotatable bonds is 7. The third-order valence-corrected chi connectivity index (χ3v) is 7.07. The van der Waals surface area contributed by atoms with Crippen LogP contribution in [0.1, 0.15) is 39.9 Å². The van der Waals surface area contributed by atoms with E-state index in [4.69, 9.17) is 9.84 Å². The van der Waals surface area contributed by atoms with E-state index < -0.39 is 11.7 Å². The number of carbonyl (C=O) groups is 2. The third kappa shape index (κ3) is 5.19. The molecule has 2 heterocycles. The second-order valence-corrected chi connectivity index (χ2v) is 9.43. The Kier molecular flexibility index (Phi) is 6.87. The Balaban J connectivity index is 1.38. The van der Waals surface area contributed by atoms with Gasteiger partial charge in [0.15, 0.2) is 5.72 Å². The van der Waals surface area contributed by atoms with Gasteiger partial charge < -0.3 is 14.7 Å². The minimum Gasteiger partial charge on any atom is -0.478 e. The normalized spacial score (nSPS) is 17.2. The van der Waals surface area contributed by atoms with E-state index in [0.29, 0.717) is 23.4 Å². The third-order valence-electron chi connectivity index (χ3n) is 7.07. The van der Waals surface area contributed by atoms with Crippen molar-refractivity contribution in [3.05, 3.63) is 107 Å². The maximum atomic E-state index is 13.9. The standard InChI is InChI=1S/C30H30N2O4/c33-28(34)14-12-24-11-13-27-26(21-24)29(35)32(22-25-9-5-2-6-10-25)30(36-27)16-19-31(20-17-30)18-15-23-7-3-1-4-8-23/h1-14,21H,15-20,22H2,(H,33,34). The number of carboxylic acids is 1. The topological polar surface area (TPSA) is 70.1 Å². The average Bonchev–Trinajstić information content (AvgIpc) is 2.91. The predicted molar refractivity (Wildman–Crippen MR) is 139 cm³/mol. The summed E-state index contributed by atoms with van der Waals surface area (Å²) >= 11 is 0. The average molecular weight is 483 g/mol. The first-order valence-corrected chi connectivity index (χ1v) is 12.4. The van der Waals surface area contributed by atoms with Crippen LogP contribution < -0.4 is 4.74 Å². The molecule has 3 aromatic rings. The van der Waals surface area contributed by atoms with Crippen molar-refractivity contribution in [3.63, 3.8) is 0 Å². The minimum absolute atomic E-state index is 0.0802. The molecular weight excluding hydrogens is 452 g/mol. The molecule has 1 fully saturated rings. The molecule has 6 heteroatoms. The van der Waals surface area contributed by atoms with Gasteiger partial charge in [-0.2, -0.15) is 0 Å². The summed E-state index contributed by atoms with van der Waals surface area (Å²) in [6, 6.07) is 25.8. The van der Waals surface area contributed by atoms with Gasteiger partial charge in [-0.1, -0.05) is 66.7 Å². The van der Waals surface area contributed by atoms with Crippen LogP contribution in [0.4, 0.5) is 0 Å². The highest BCUT2D eigenvalue weighted by Gasteiger charge is 2.48. The number of fused-ring (bicyclic) bond motifs is 1. The van der Waals surface area contributed by atoms with Crippen molar-refractivity contribution in [2.75, 3.05) is 19.6 Å². The highest BCUT2D eigenvalue weighted by Crippen LogP contribution is 2.41. The van der Waals surface area contributed by atoms with Crippen LogP contribution in [0.2, 0.25) is 0 Å². The molecule has 0 unspecified atom stereocenters. The highest BCUT2D eigenvalue weighted by molar-refractivity contribution is 5.99. The molecule has 0 bridgehead atoms. The van der Waals surface area contributed by atoms with Crippen molar-refractivity contribution < 1.29 is 19.4 Å². The fourth-order valence-electron chi connectivity index (χ4n) is 5.08. The number of nitrogens with zero attached hydrogens (tertiary/aromatic N) is 2. The molecule has 1 amide bonds. The first-order valence-electron chi connectivity index (χ1n) is 12.4. The van der Waals surface area contributed by atoms with Gasteiger partial charge in [0.1, 0.15) is 5.75 Å². The zero-order chi connectivity index (χ0) is 25.0. The Bertz CT molecular complexity index is 1250. The molecule has 6 nitrogen and oxygen atoms in total. The largest absolute Gasteiger partial charge is 0.478 e. The Hall–Kier alpha value is -3.90. The minimum atomic E-state index is -1.03. The molecule has 0 atom stereocenters. The predicted octanol–water partition coefficient (Wildman–Crippen LogP) is 4.85. The first-order chi connectivity index (χ1) is 17.5. The van der Waals surface area contributed by atoms with Crippen LogP contribution >= 0.6 is 0 Å². The highest BCUT2D eigenvalue weighted by atomic mass is 16.5. The first kappa shape index (κ1) is 23.8. The van der Waals surface area contributed by atoms with E-state index in [1.54, 1.807) is 18.2 Å². The van der Waals surface area contributed by atoms with Gasteiger partial charge in [-0.05, 0) is 41.3 Å². The number of carboxylic acid groups (broad SMARTS) is 1. The Labute approximate surface area is 211 Å². The lowest BCUT2D eigenvalue weighted by Gasteiger charge is -2.51. The van der Waals surface area contributed by atoms with Crippen molar-refractivity contribution in [1.29, 1.82) is 0 Å². The Morgan fingerprint density at radius 2 is 1.61 bits per heavy atom. The van der Waals surface area contributed by atoms with E-state index in [0.717, 1.165) is 50.5 Å². The summed E-state index contributed by atoms with van der Waals surface area (Å²) in [5, 5.41) is 8.97. The summed E-state index contributed by atoms with van der Waals surface area (Å²) in [7, 11) is 0. The van der Waals surface area contributed by atoms with E-state index in [-0.39, 0.29) is 5.91 Å². The molecule has 0 aromatic heterocycles. The Morgan fingerprint density at radius 1 is 0.944 bits per heavy atom. The molecule has 0 saturated carbocycles. The second kappa shape index (κ2) is 10.4. The smallest absolute Gasteiger partial charge is 0.328 e. The van der Waals surface area contributed by atoms with Crippen LogP contribution in [0, 0.1) is 0 Å². The van der Waals surface area contributed by atoms with Gasteiger partial charge in [0, 0.05) is 45.1 Å². The molecule has 1 spiro atoms. The number of ether oxygens (including phenoxy) is 1. The van der Waals surface area contributed by atoms with Gasteiger partial charge in [-0.3, -0.25) is 9.69 Å². The lowest BCUT2D eigenvalue weighted by molar-refractivity contribution is -0.131. The molecule has 5 rings (SSSR count). The van der Waals surface area contributed by atoms with Crippen molar-refractivity contribution in [2.45, 2.75) is 31.5 Å². The molecule has 0 aliphatic carbocycles. The number of aliphatic carboxylic acids is 1. The summed E-state index contributed by atoms with van der Waals surface area (Å²) < 4.78 is 6.65. The summed E-state index contributed by atoms with van der Waals surface area (Å²) in [5.41, 5.74) is 2.79. The quantitative estimate of drug-likeness (QED) is 0.488. The summed E-state index contributed by atoms with van der Waals surface area (Å²) in [5.74, 6) is -0.545. The second-order valence-electron chi connectivity index (χ2n) is 9.43. The van der Waals surface area contributed by atoms with E-state index in [1.807, 2.05) is 41.3 Å². The molecule has 2 aliphatic rings. The van der Waals surface area contributed by atoms with Gasteiger partial charge in [-0.15, -0.1) is 0 Å². The molecule has 3 aromatic carbocycles. The molecule has 0 radical (unpaired) electrons. The van der Waals surface area contributed by atoms with Crippen molar-refractivity contribution >= 4 is 18.0 Å². The number of hydrogen-bond acceptors (Lipinski definition) is 4. The van der Waals surface area contributed by atoms with E-state index in [9.17, 15) is 9.59 Å². The van der Waals surface area contributed by atoms with Crippen LogP contribution in [0.3, 0.4) is 0 Å². The fourth-order valence-corrected chi connectivity index (χ4v) is 5.08. The SMILES string of the molecule is O=C(O)C=Cc1ccc2c(c1)C(=O)N(Cc1ccccc1)C1(CCN(CCc3ccccc3)CC1)O2. The molecule has 2 aliphatic heterocycles. The number of amides is 1. The number of piperidine rings is 1. The summed E-state index contributed by atoms with van der Waals surface area (Å²) in [4.78, 5) is 29.1. The molecule has 36 heavy (non-hydrogen) atoms. The summed E-state index contributed by atoms with van der Waals surface area (Å²) in [6.45, 7) is 3.13. The number of benzene rings is 3.